The Morgan fingerprint density at radius 3 is 2.13 bits per heavy atom. The van der Waals surface area contributed by atoms with Crippen LogP contribution in [0, 0.1) is 0 Å². The first-order valence-corrected chi connectivity index (χ1v) is 4.90. The van der Waals surface area contributed by atoms with Gasteiger partial charge in [0.15, 0.2) is 0 Å². The molecule has 0 aliphatic carbocycles. The Morgan fingerprint density at radius 2 is 1.47 bits per heavy atom. The number of hydrogen-bond donors (Lipinski definition) is 0. The van der Waals surface area contributed by atoms with Gasteiger partial charge in [-0.25, -0.2) is 0 Å². The highest BCUT2D eigenvalue weighted by molar-refractivity contribution is 5.48. The first-order valence-electron chi connectivity index (χ1n) is 4.90. The lowest BCUT2D eigenvalue weighted by Gasteiger charge is -1.94. The van der Waals surface area contributed by atoms with Crippen molar-refractivity contribution in [3.05, 3.63) is 66.3 Å². The summed E-state index contributed by atoms with van der Waals surface area (Å²) in [5.41, 5.74) is 2.45. The van der Waals surface area contributed by atoms with E-state index in [9.17, 15) is 0 Å². The van der Waals surface area contributed by atoms with E-state index in [2.05, 4.69) is 22.1 Å². The molecule has 2 heterocycles. The van der Waals surface area contributed by atoms with Crippen LogP contribution in [0.15, 0.2) is 55.1 Å². The zero-order valence-corrected chi connectivity index (χ0v) is 8.38. The van der Waals surface area contributed by atoms with E-state index in [1.807, 2.05) is 36.7 Å². The van der Waals surface area contributed by atoms with Gasteiger partial charge in [-0.05, 0) is 41.8 Å². The van der Waals surface area contributed by atoms with E-state index in [1.165, 1.54) is 11.1 Å². The third-order valence-electron chi connectivity index (χ3n) is 2.12. The van der Waals surface area contributed by atoms with Crippen LogP contribution in [0.25, 0.3) is 6.08 Å². The molecule has 2 heteroatoms. The van der Waals surface area contributed by atoms with Crippen molar-refractivity contribution in [2.75, 3.05) is 0 Å². The van der Waals surface area contributed by atoms with Crippen LogP contribution in [-0.4, -0.2) is 9.97 Å². The first kappa shape index (κ1) is 9.59. The molecule has 0 aliphatic rings. The minimum atomic E-state index is 0.935. The fourth-order valence-corrected chi connectivity index (χ4v) is 1.32. The van der Waals surface area contributed by atoms with Gasteiger partial charge in [-0.15, -0.1) is 0 Å². The van der Waals surface area contributed by atoms with E-state index >= 15 is 0 Å². The summed E-state index contributed by atoms with van der Waals surface area (Å²) < 4.78 is 0. The predicted octanol–water partition coefficient (Wildman–Crippen LogP) is 2.73. The molecular weight excluding hydrogens is 184 g/mol. The molecule has 0 aromatic carbocycles. The standard InChI is InChI=1S/C13H12N2/c1(2-12-4-8-14-9-5-12)3-13-6-10-15-11-7-13/h1-2,4-11H,3H2. The number of hydrogen-bond acceptors (Lipinski definition) is 2. The van der Waals surface area contributed by atoms with E-state index in [4.69, 9.17) is 0 Å². The van der Waals surface area contributed by atoms with Gasteiger partial charge in [-0.2, -0.15) is 0 Å². The van der Waals surface area contributed by atoms with E-state index in [0.717, 1.165) is 6.42 Å². The second-order valence-electron chi connectivity index (χ2n) is 3.24. The van der Waals surface area contributed by atoms with Gasteiger partial charge < -0.3 is 0 Å². The molecule has 74 valence electrons. The second-order valence-corrected chi connectivity index (χ2v) is 3.24. The van der Waals surface area contributed by atoms with Crippen LogP contribution in [0.2, 0.25) is 0 Å². The van der Waals surface area contributed by atoms with Crippen molar-refractivity contribution in [3.8, 4) is 0 Å². The summed E-state index contributed by atoms with van der Waals surface area (Å²) in [6.45, 7) is 0. The molecule has 0 amide bonds. The Morgan fingerprint density at radius 1 is 0.867 bits per heavy atom. The van der Waals surface area contributed by atoms with Crippen LogP contribution < -0.4 is 0 Å². The number of aromatic nitrogens is 2. The second kappa shape index (κ2) is 5.05. The average Bonchev–Trinajstić information content (AvgIpc) is 2.32. The Labute approximate surface area is 89.3 Å². The van der Waals surface area contributed by atoms with Crippen LogP contribution in [0.4, 0.5) is 0 Å². The third-order valence-corrected chi connectivity index (χ3v) is 2.12. The molecule has 2 rings (SSSR count). The fourth-order valence-electron chi connectivity index (χ4n) is 1.32. The number of pyridine rings is 2. The van der Waals surface area contributed by atoms with Crippen molar-refractivity contribution < 1.29 is 0 Å². The van der Waals surface area contributed by atoms with Crippen molar-refractivity contribution >= 4 is 6.08 Å². The summed E-state index contributed by atoms with van der Waals surface area (Å²) in [5, 5.41) is 0. The molecule has 0 aliphatic heterocycles. The van der Waals surface area contributed by atoms with E-state index < -0.39 is 0 Å². The van der Waals surface area contributed by atoms with Crippen molar-refractivity contribution in [3.63, 3.8) is 0 Å². The summed E-state index contributed by atoms with van der Waals surface area (Å²) in [5.74, 6) is 0. The van der Waals surface area contributed by atoms with Gasteiger partial charge in [0.1, 0.15) is 0 Å². The SMILES string of the molecule is C(=Cc1ccncc1)Cc1ccncc1. The lowest BCUT2D eigenvalue weighted by Crippen LogP contribution is -1.80. The molecule has 0 saturated carbocycles. The smallest absolute Gasteiger partial charge is 0.0273 e. The number of rotatable bonds is 3. The van der Waals surface area contributed by atoms with Gasteiger partial charge in [-0.3, -0.25) is 9.97 Å². The molecule has 0 atom stereocenters. The molecule has 0 bridgehead atoms. The normalized spacial score (nSPS) is 10.7. The molecule has 0 unspecified atom stereocenters. The molecule has 2 aromatic rings. The largest absolute Gasteiger partial charge is 0.265 e. The third kappa shape index (κ3) is 3.02. The quantitative estimate of drug-likeness (QED) is 0.754. The van der Waals surface area contributed by atoms with Gasteiger partial charge in [0.25, 0.3) is 0 Å². The van der Waals surface area contributed by atoms with E-state index in [-0.39, 0.29) is 0 Å². The summed E-state index contributed by atoms with van der Waals surface area (Å²) >= 11 is 0. The molecule has 0 saturated heterocycles. The minimum Gasteiger partial charge on any atom is -0.265 e. The molecule has 0 fully saturated rings. The van der Waals surface area contributed by atoms with Crippen molar-refractivity contribution in [1.82, 2.24) is 9.97 Å². The van der Waals surface area contributed by atoms with Crippen LogP contribution in [0.5, 0.6) is 0 Å². The fraction of sp³-hybridized carbons (Fsp3) is 0.0769. The zero-order chi connectivity index (χ0) is 10.3. The average molecular weight is 196 g/mol. The van der Waals surface area contributed by atoms with Gasteiger partial charge in [0.2, 0.25) is 0 Å². The van der Waals surface area contributed by atoms with Crippen molar-refractivity contribution in [2.24, 2.45) is 0 Å². The van der Waals surface area contributed by atoms with Crippen LogP contribution in [-0.2, 0) is 6.42 Å². The molecule has 0 N–H and O–H groups in total. The summed E-state index contributed by atoms with van der Waals surface area (Å²) in [6.07, 6.45) is 12.4. The van der Waals surface area contributed by atoms with Gasteiger partial charge in [0.05, 0.1) is 0 Å². The maximum Gasteiger partial charge on any atom is 0.0273 e. The van der Waals surface area contributed by atoms with Crippen molar-refractivity contribution in [2.45, 2.75) is 6.42 Å². The molecule has 15 heavy (non-hydrogen) atoms. The van der Waals surface area contributed by atoms with Crippen molar-refractivity contribution in [1.29, 1.82) is 0 Å². The molecule has 0 radical (unpaired) electrons. The highest BCUT2D eigenvalue weighted by Crippen LogP contribution is 2.03. The van der Waals surface area contributed by atoms with E-state index in [1.54, 1.807) is 12.4 Å². The van der Waals surface area contributed by atoms with Crippen LogP contribution >= 0.6 is 0 Å². The molecular formula is C13H12N2. The highest BCUT2D eigenvalue weighted by Gasteiger charge is 1.87. The summed E-state index contributed by atoms with van der Waals surface area (Å²) in [7, 11) is 0. The summed E-state index contributed by atoms with van der Waals surface area (Å²) in [6, 6.07) is 8.03. The Balaban J connectivity index is 1.97. The monoisotopic (exact) mass is 196 g/mol. The van der Waals surface area contributed by atoms with Crippen LogP contribution in [0.1, 0.15) is 11.1 Å². The molecule has 2 aromatic heterocycles. The van der Waals surface area contributed by atoms with Crippen LogP contribution in [0.3, 0.4) is 0 Å². The maximum absolute atomic E-state index is 3.98. The van der Waals surface area contributed by atoms with Gasteiger partial charge in [-0.1, -0.05) is 12.2 Å². The van der Waals surface area contributed by atoms with E-state index in [0.29, 0.717) is 0 Å². The first-order chi connectivity index (χ1) is 7.45. The maximum atomic E-state index is 3.98. The lowest BCUT2D eigenvalue weighted by molar-refractivity contribution is 1.22. The Hall–Kier alpha value is -1.96. The molecule has 2 nitrogen and oxygen atoms in total. The molecule has 0 spiro atoms. The number of allylic oxidation sites excluding steroid dienone is 1. The van der Waals surface area contributed by atoms with Gasteiger partial charge >= 0.3 is 0 Å². The predicted molar refractivity (Wildman–Crippen MR) is 61.2 cm³/mol. The Bertz CT molecular complexity index is 421. The lowest BCUT2D eigenvalue weighted by atomic mass is 10.1. The topological polar surface area (TPSA) is 25.8 Å². The minimum absolute atomic E-state index is 0.935. The zero-order valence-electron chi connectivity index (χ0n) is 8.38. The summed E-state index contributed by atoms with van der Waals surface area (Å²) in [4.78, 5) is 7.95. The number of nitrogens with zero attached hydrogens (tertiary/aromatic N) is 2. The highest BCUT2D eigenvalue weighted by atomic mass is 14.6. The Kier molecular flexibility index (Phi) is 3.23. The van der Waals surface area contributed by atoms with Gasteiger partial charge in [0, 0.05) is 24.8 Å².